The summed E-state index contributed by atoms with van der Waals surface area (Å²) in [6, 6.07) is 0.266. The van der Waals surface area contributed by atoms with E-state index in [0.717, 1.165) is 6.54 Å². The molecule has 0 amide bonds. The lowest BCUT2D eigenvalue weighted by molar-refractivity contribution is 0.322. The molecule has 0 fully saturated rings. The Morgan fingerprint density at radius 2 is 1.94 bits per heavy atom. The number of hydrogen-bond acceptors (Lipinski definition) is 7. The van der Waals surface area contributed by atoms with Crippen LogP contribution in [0.3, 0.4) is 0 Å². The van der Waals surface area contributed by atoms with Crippen molar-refractivity contribution in [2.45, 2.75) is 32.0 Å². The van der Waals surface area contributed by atoms with Crippen molar-refractivity contribution in [3.63, 3.8) is 0 Å². The number of nitrogens with zero attached hydrogens (tertiary/aromatic N) is 3. The average molecular weight is 257 g/mol. The Kier molecular flexibility index (Phi) is 5.99. The highest BCUT2D eigenvalue weighted by Gasteiger charge is 2.07. The van der Waals surface area contributed by atoms with Crippen LogP contribution in [0, 0.1) is 0 Å². The molecule has 7 heteroatoms. The third-order valence-electron chi connectivity index (χ3n) is 1.69. The van der Waals surface area contributed by atoms with Crippen LogP contribution in [-0.2, 0) is 0 Å². The van der Waals surface area contributed by atoms with E-state index in [4.69, 9.17) is 5.11 Å². The Morgan fingerprint density at radius 1 is 1.24 bits per heavy atom. The van der Waals surface area contributed by atoms with E-state index in [1.54, 1.807) is 0 Å². The summed E-state index contributed by atoms with van der Waals surface area (Å²) in [4.78, 5) is 12.8. The largest absolute Gasteiger partial charge is 0.396 e. The summed E-state index contributed by atoms with van der Waals surface area (Å²) >= 11 is 1.41. The van der Waals surface area contributed by atoms with Crippen molar-refractivity contribution in [1.29, 1.82) is 0 Å². The van der Waals surface area contributed by atoms with Gasteiger partial charge in [0.15, 0.2) is 5.16 Å². The van der Waals surface area contributed by atoms with Crippen molar-refractivity contribution >= 4 is 23.7 Å². The second-order valence-electron chi connectivity index (χ2n) is 3.67. The van der Waals surface area contributed by atoms with Gasteiger partial charge in [-0.3, -0.25) is 0 Å². The minimum Gasteiger partial charge on any atom is -0.396 e. The molecule has 1 aromatic rings. The van der Waals surface area contributed by atoms with Gasteiger partial charge in [-0.05, 0) is 20.8 Å². The first kappa shape index (κ1) is 14.0. The number of thioether (sulfide) groups is 1. The van der Waals surface area contributed by atoms with E-state index in [0.29, 0.717) is 22.8 Å². The fourth-order valence-corrected chi connectivity index (χ4v) is 1.69. The quantitative estimate of drug-likeness (QED) is 0.633. The van der Waals surface area contributed by atoms with Gasteiger partial charge in [0.25, 0.3) is 0 Å². The van der Waals surface area contributed by atoms with Crippen molar-refractivity contribution in [1.82, 2.24) is 15.0 Å². The molecule has 6 nitrogen and oxygen atoms in total. The van der Waals surface area contributed by atoms with Crippen LogP contribution < -0.4 is 10.6 Å². The Bertz CT molecular complexity index is 347. The molecule has 0 radical (unpaired) electrons. The van der Waals surface area contributed by atoms with Crippen LogP contribution in [0.2, 0.25) is 0 Å². The first-order valence-corrected chi connectivity index (χ1v) is 6.64. The van der Waals surface area contributed by atoms with E-state index in [9.17, 15) is 0 Å². The molecule has 17 heavy (non-hydrogen) atoms. The van der Waals surface area contributed by atoms with Crippen molar-refractivity contribution in [3.8, 4) is 0 Å². The highest BCUT2D eigenvalue weighted by atomic mass is 32.2. The Balaban J connectivity index is 2.84. The first-order valence-electron chi connectivity index (χ1n) is 5.65. The maximum absolute atomic E-state index is 8.79. The molecule has 0 aromatic carbocycles. The van der Waals surface area contributed by atoms with Crippen LogP contribution >= 0.6 is 11.8 Å². The number of rotatable bonds is 7. The number of aliphatic hydroxyl groups is 1. The lowest BCUT2D eigenvalue weighted by Gasteiger charge is -2.10. The molecular weight excluding hydrogens is 238 g/mol. The molecule has 0 spiro atoms. The van der Waals surface area contributed by atoms with Gasteiger partial charge >= 0.3 is 0 Å². The van der Waals surface area contributed by atoms with Gasteiger partial charge in [-0.2, -0.15) is 15.0 Å². The van der Waals surface area contributed by atoms with Crippen molar-refractivity contribution in [2.75, 3.05) is 29.5 Å². The van der Waals surface area contributed by atoms with Crippen LogP contribution in [0.15, 0.2) is 5.16 Å². The molecule has 0 saturated carbocycles. The summed E-state index contributed by atoms with van der Waals surface area (Å²) in [5, 5.41) is 15.6. The summed E-state index contributed by atoms with van der Waals surface area (Å²) in [5.74, 6) is 1.70. The lowest BCUT2D eigenvalue weighted by Crippen LogP contribution is -2.15. The maximum atomic E-state index is 8.79. The highest BCUT2D eigenvalue weighted by Crippen LogP contribution is 2.16. The van der Waals surface area contributed by atoms with E-state index in [1.807, 2.05) is 20.8 Å². The molecule has 0 aliphatic rings. The zero-order chi connectivity index (χ0) is 12.7. The zero-order valence-electron chi connectivity index (χ0n) is 10.4. The minimum atomic E-state index is 0.111. The van der Waals surface area contributed by atoms with Gasteiger partial charge < -0.3 is 15.7 Å². The molecule has 1 rings (SSSR count). The average Bonchev–Trinajstić information content (AvgIpc) is 2.25. The van der Waals surface area contributed by atoms with Crippen LogP contribution in [0.1, 0.15) is 20.8 Å². The summed E-state index contributed by atoms with van der Waals surface area (Å²) in [5.41, 5.74) is 0. The van der Waals surface area contributed by atoms with Gasteiger partial charge in [0, 0.05) is 18.3 Å². The molecule has 0 atom stereocenters. The van der Waals surface area contributed by atoms with Gasteiger partial charge in [0.2, 0.25) is 11.9 Å². The summed E-state index contributed by atoms with van der Waals surface area (Å²) < 4.78 is 0. The van der Waals surface area contributed by atoms with Crippen molar-refractivity contribution in [3.05, 3.63) is 0 Å². The predicted molar refractivity (Wildman–Crippen MR) is 70.6 cm³/mol. The molecule has 0 unspecified atom stereocenters. The fourth-order valence-electron chi connectivity index (χ4n) is 1.12. The summed E-state index contributed by atoms with van der Waals surface area (Å²) in [7, 11) is 0. The molecule has 1 heterocycles. The van der Waals surface area contributed by atoms with E-state index in [1.165, 1.54) is 11.8 Å². The highest BCUT2D eigenvalue weighted by molar-refractivity contribution is 7.99. The van der Waals surface area contributed by atoms with Crippen molar-refractivity contribution < 1.29 is 5.11 Å². The number of anilines is 2. The third-order valence-corrected chi connectivity index (χ3v) is 2.52. The molecule has 96 valence electrons. The van der Waals surface area contributed by atoms with E-state index < -0.39 is 0 Å². The predicted octanol–water partition coefficient (Wildman–Crippen LogP) is 1.21. The number of hydrogen-bond donors (Lipinski definition) is 3. The van der Waals surface area contributed by atoms with E-state index in [-0.39, 0.29) is 12.6 Å². The summed E-state index contributed by atoms with van der Waals surface area (Å²) in [6.45, 7) is 6.91. The van der Waals surface area contributed by atoms with Crippen LogP contribution in [-0.4, -0.2) is 45.0 Å². The second-order valence-corrected chi connectivity index (χ2v) is 4.73. The smallest absolute Gasteiger partial charge is 0.228 e. The number of nitrogens with one attached hydrogen (secondary N) is 2. The van der Waals surface area contributed by atoms with Crippen LogP contribution in [0.5, 0.6) is 0 Å². The monoisotopic (exact) mass is 257 g/mol. The molecule has 0 saturated heterocycles. The van der Waals surface area contributed by atoms with Gasteiger partial charge in [-0.25, -0.2) is 0 Å². The Labute approximate surface area is 106 Å². The molecular formula is C10H19N5OS. The van der Waals surface area contributed by atoms with Gasteiger partial charge in [0.05, 0.1) is 6.61 Å². The van der Waals surface area contributed by atoms with Crippen LogP contribution in [0.25, 0.3) is 0 Å². The molecule has 0 aliphatic carbocycles. The lowest BCUT2D eigenvalue weighted by atomic mass is 10.4. The van der Waals surface area contributed by atoms with E-state index in [2.05, 4.69) is 25.6 Å². The normalized spacial score (nSPS) is 10.6. The van der Waals surface area contributed by atoms with Gasteiger partial charge in [0.1, 0.15) is 0 Å². The van der Waals surface area contributed by atoms with Gasteiger partial charge in [-0.15, -0.1) is 0 Å². The molecule has 0 bridgehead atoms. The molecule has 3 N–H and O–H groups in total. The minimum absolute atomic E-state index is 0.111. The van der Waals surface area contributed by atoms with Crippen LogP contribution in [0.4, 0.5) is 11.9 Å². The second kappa shape index (κ2) is 7.29. The Morgan fingerprint density at radius 3 is 2.53 bits per heavy atom. The molecule has 0 aliphatic heterocycles. The maximum Gasteiger partial charge on any atom is 0.228 e. The topological polar surface area (TPSA) is 83.0 Å². The van der Waals surface area contributed by atoms with Crippen molar-refractivity contribution in [2.24, 2.45) is 0 Å². The summed E-state index contributed by atoms with van der Waals surface area (Å²) in [6.07, 6.45) is 0. The fraction of sp³-hybridized carbons (Fsp3) is 0.700. The zero-order valence-corrected chi connectivity index (χ0v) is 11.2. The van der Waals surface area contributed by atoms with Gasteiger partial charge in [-0.1, -0.05) is 11.8 Å². The van der Waals surface area contributed by atoms with E-state index >= 15 is 0 Å². The number of aliphatic hydroxyl groups excluding tert-OH is 1. The number of aromatic nitrogens is 3. The third kappa shape index (κ3) is 5.18. The SMILES string of the molecule is CCNc1nc(NC(C)C)nc(SCCO)n1. The first-order chi connectivity index (χ1) is 8.15. The molecule has 1 aromatic heterocycles. The standard InChI is InChI=1S/C10H19N5OS/c1-4-11-8-13-9(12-7(2)3)15-10(14-8)17-6-5-16/h7,16H,4-6H2,1-3H3,(H2,11,12,13,14,15). The Hall–Kier alpha value is -1.08.